The van der Waals surface area contributed by atoms with Gasteiger partial charge in [-0.1, -0.05) is 109 Å². The SMILES string of the molecule is C/C=C/CCc1ccc(C/C=C/Cc2ccc(C/C=C/Cc3ccc(CC/C=C/C)c(F)c3)cc2)cc1. The van der Waals surface area contributed by atoms with Crippen LogP contribution in [0, 0.1) is 5.82 Å². The fraction of sp³-hybridized carbons (Fsp3) is 0.278. The largest absolute Gasteiger partial charge is 0.207 e. The number of hydrogen-bond donors (Lipinski definition) is 0. The van der Waals surface area contributed by atoms with Gasteiger partial charge in [-0.15, -0.1) is 0 Å². The summed E-state index contributed by atoms with van der Waals surface area (Å²) in [6, 6.07) is 23.5. The van der Waals surface area contributed by atoms with Crippen LogP contribution in [0.25, 0.3) is 0 Å². The summed E-state index contributed by atoms with van der Waals surface area (Å²) in [5, 5.41) is 0. The van der Waals surface area contributed by atoms with Crippen LogP contribution in [0.1, 0.15) is 60.1 Å². The summed E-state index contributed by atoms with van der Waals surface area (Å²) >= 11 is 0. The van der Waals surface area contributed by atoms with E-state index in [4.69, 9.17) is 0 Å². The Bertz CT molecular complexity index is 1170. The van der Waals surface area contributed by atoms with Crippen molar-refractivity contribution in [2.24, 2.45) is 0 Å². The van der Waals surface area contributed by atoms with Crippen molar-refractivity contribution in [1.82, 2.24) is 0 Å². The lowest BCUT2D eigenvalue weighted by Crippen LogP contribution is -1.92. The van der Waals surface area contributed by atoms with Crippen molar-refractivity contribution in [2.45, 2.75) is 65.2 Å². The van der Waals surface area contributed by atoms with E-state index < -0.39 is 0 Å². The molecule has 0 aliphatic carbocycles. The van der Waals surface area contributed by atoms with E-state index >= 15 is 0 Å². The Kier molecular flexibility index (Phi) is 12.4. The Hall–Kier alpha value is -3.45. The molecule has 0 fully saturated rings. The van der Waals surface area contributed by atoms with Crippen LogP contribution in [0.2, 0.25) is 0 Å². The van der Waals surface area contributed by atoms with Gasteiger partial charge in [0.15, 0.2) is 0 Å². The molecule has 0 saturated heterocycles. The first-order valence-corrected chi connectivity index (χ1v) is 13.6. The average molecular weight is 493 g/mol. The molecule has 0 amide bonds. The lowest BCUT2D eigenvalue weighted by molar-refractivity contribution is 0.607. The number of allylic oxidation sites excluding steroid dienone is 8. The fourth-order valence-electron chi connectivity index (χ4n) is 4.27. The summed E-state index contributed by atoms with van der Waals surface area (Å²) in [7, 11) is 0. The summed E-state index contributed by atoms with van der Waals surface area (Å²) in [6.45, 7) is 4.07. The Balaban J connectivity index is 1.38. The van der Waals surface area contributed by atoms with Crippen molar-refractivity contribution < 1.29 is 4.39 Å². The number of benzene rings is 3. The highest BCUT2D eigenvalue weighted by atomic mass is 19.1. The predicted octanol–water partition coefficient (Wildman–Crippen LogP) is 9.53. The maximum atomic E-state index is 14.3. The standard InChI is InChI=1S/C36H41F/c1-3-5-7-13-30-19-21-31(22-20-30)14-9-10-15-32-23-25-33(26-24-32)16-11-12-17-34-27-28-35(36(37)29-34)18-8-6-4-2/h3-6,9-12,19-29H,7-8,13-18H2,1-2H3/b5-3+,6-4+,10-9+,12-11+. The molecule has 0 N–H and O–H groups in total. The van der Waals surface area contributed by atoms with E-state index in [0.717, 1.165) is 62.5 Å². The molecule has 3 aromatic carbocycles. The third-order valence-corrected chi connectivity index (χ3v) is 6.56. The summed E-state index contributed by atoms with van der Waals surface area (Å²) < 4.78 is 14.3. The third kappa shape index (κ3) is 10.6. The van der Waals surface area contributed by atoms with Gasteiger partial charge in [0.05, 0.1) is 0 Å². The van der Waals surface area contributed by atoms with Gasteiger partial charge in [-0.25, -0.2) is 4.39 Å². The van der Waals surface area contributed by atoms with Crippen LogP contribution in [0.5, 0.6) is 0 Å². The van der Waals surface area contributed by atoms with Gasteiger partial charge in [0, 0.05) is 0 Å². The molecule has 0 radical (unpaired) electrons. The molecule has 37 heavy (non-hydrogen) atoms. The van der Waals surface area contributed by atoms with Gasteiger partial charge >= 0.3 is 0 Å². The molecule has 0 spiro atoms. The zero-order valence-corrected chi connectivity index (χ0v) is 22.5. The summed E-state index contributed by atoms with van der Waals surface area (Å²) in [5.74, 6) is -0.0892. The topological polar surface area (TPSA) is 0 Å². The van der Waals surface area contributed by atoms with Crippen LogP contribution >= 0.6 is 0 Å². The molecule has 1 heteroatoms. The molecule has 3 aromatic rings. The summed E-state index contributed by atoms with van der Waals surface area (Å²) in [6.07, 6.45) is 24.7. The third-order valence-electron chi connectivity index (χ3n) is 6.56. The van der Waals surface area contributed by atoms with Crippen LogP contribution in [0.15, 0.2) is 115 Å². The van der Waals surface area contributed by atoms with Crippen LogP contribution in [-0.2, 0) is 38.5 Å². The molecule has 0 heterocycles. The Morgan fingerprint density at radius 3 is 1.35 bits per heavy atom. The van der Waals surface area contributed by atoms with Crippen molar-refractivity contribution in [3.8, 4) is 0 Å². The number of halogens is 1. The molecular formula is C36H41F. The number of rotatable bonds is 14. The molecule has 0 bridgehead atoms. The van der Waals surface area contributed by atoms with E-state index in [0.29, 0.717) is 0 Å². The molecule has 0 nitrogen and oxygen atoms in total. The lowest BCUT2D eigenvalue weighted by Gasteiger charge is -2.04. The zero-order chi connectivity index (χ0) is 26.1. The van der Waals surface area contributed by atoms with Gasteiger partial charge in [0.2, 0.25) is 0 Å². The first kappa shape index (κ1) is 28.1. The van der Waals surface area contributed by atoms with Gasteiger partial charge < -0.3 is 0 Å². The maximum Gasteiger partial charge on any atom is 0.126 e. The fourth-order valence-corrected chi connectivity index (χ4v) is 4.27. The van der Waals surface area contributed by atoms with Crippen LogP contribution in [-0.4, -0.2) is 0 Å². The highest BCUT2D eigenvalue weighted by Gasteiger charge is 2.02. The second-order valence-corrected chi connectivity index (χ2v) is 9.53. The molecular weight excluding hydrogens is 451 g/mol. The van der Waals surface area contributed by atoms with Crippen molar-refractivity contribution >= 4 is 0 Å². The van der Waals surface area contributed by atoms with E-state index in [1.165, 1.54) is 22.3 Å². The molecule has 192 valence electrons. The smallest absolute Gasteiger partial charge is 0.126 e. The van der Waals surface area contributed by atoms with Crippen molar-refractivity contribution in [3.05, 3.63) is 155 Å². The van der Waals surface area contributed by atoms with E-state index in [2.05, 4.69) is 98.0 Å². The van der Waals surface area contributed by atoms with Gasteiger partial charge in [0.25, 0.3) is 0 Å². The second kappa shape index (κ2) is 16.3. The van der Waals surface area contributed by atoms with E-state index in [1.54, 1.807) is 6.07 Å². The van der Waals surface area contributed by atoms with E-state index in [9.17, 15) is 4.39 Å². The van der Waals surface area contributed by atoms with Gasteiger partial charge in [-0.05, 0) is 105 Å². The van der Waals surface area contributed by atoms with Crippen LogP contribution in [0.4, 0.5) is 4.39 Å². The normalized spacial score (nSPS) is 12.1. The molecule has 0 unspecified atom stereocenters. The average Bonchev–Trinajstić information content (AvgIpc) is 2.92. The van der Waals surface area contributed by atoms with Crippen molar-refractivity contribution in [1.29, 1.82) is 0 Å². The second-order valence-electron chi connectivity index (χ2n) is 9.53. The monoisotopic (exact) mass is 492 g/mol. The van der Waals surface area contributed by atoms with Crippen LogP contribution in [0.3, 0.4) is 0 Å². The highest BCUT2D eigenvalue weighted by Crippen LogP contribution is 2.14. The minimum absolute atomic E-state index is 0.0892. The highest BCUT2D eigenvalue weighted by molar-refractivity contribution is 5.29. The molecule has 0 atom stereocenters. The zero-order valence-electron chi connectivity index (χ0n) is 22.5. The number of aryl methyl sites for hydroxylation is 2. The van der Waals surface area contributed by atoms with Crippen LogP contribution < -0.4 is 0 Å². The van der Waals surface area contributed by atoms with Crippen molar-refractivity contribution in [3.63, 3.8) is 0 Å². The van der Waals surface area contributed by atoms with E-state index in [-0.39, 0.29) is 5.82 Å². The lowest BCUT2D eigenvalue weighted by atomic mass is 10.0. The molecule has 0 aliphatic rings. The maximum absolute atomic E-state index is 14.3. The molecule has 0 saturated carbocycles. The van der Waals surface area contributed by atoms with Gasteiger partial charge in [-0.2, -0.15) is 0 Å². The quantitative estimate of drug-likeness (QED) is 0.197. The van der Waals surface area contributed by atoms with Crippen molar-refractivity contribution in [2.75, 3.05) is 0 Å². The summed E-state index contributed by atoms with van der Waals surface area (Å²) in [5.41, 5.74) is 7.20. The summed E-state index contributed by atoms with van der Waals surface area (Å²) in [4.78, 5) is 0. The predicted molar refractivity (Wildman–Crippen MR) is 159 cm³/mol. The minimum Gasteiger partial charge on any atom is -0.207 e. The Morgan fingerprint density at radius 2 is 0.892 bits per heavy atom. The molecule has 0 aromatic heterocycles. The van der Waals surface area contributed by atoms with Gasteiger partial charge in [-0.3, -0.25) is 0 Å². The number of hydrogen-bond acceptors (Lipinski definition) is 0. The Labute approximate surface area is 224 Å². The van der Waals surface area contributed by atoms with Gasteiger partial charge in [0.1, 0.15) is 5.82 Å². The van der Waals surface area contributed by atoms with E-state index in [1.807, 2.05) is 25.1 Å². The first-order chi connectivity index (χ1) is 18.2. The Morgan fingerprint density at radius 1 is 0.486 bits per heavy atom. The molecule has 3 rings (SSSR count). The first-order valence-electron chi connectivity index (χ1n) is 13.6. The minimum atomic E-state index is -0.0892. The molecule has 0 aliphatic heterocycles.